The van der Waals surface area contributed by atoms with Crippen LogP contribution in [0.1, 0.15) is 11.1 Å². The number of rotatable bonds is 2. The number of nitrogens with one attached hydrogen (secondary N) is 1. The van der Waals surface area contributed by atoms with Crippen molar-refractivity contribution in [2.24, 2.45) is 0 Å². The summed E-state index contributed by atoms with van der Waals surface area (Å²) in [5, 5.41) is 19.9. The first-order valence-corrected chi connectivity index (χ1v) is 5.34. The van der Waals surface area contributed by atoms with Crippen LogP contribution >= 0.6 is 11.6 Å². The highest BCUT2D eigenvalue weighted by atomic mass is 35.5. The predicted octanol–water partition coefficient (Wildman–Crippen LogP) is 3.05. The lowest BCUT2D eigenvalue weighted by molar-refractivity contribution is 1.04. The Kier molecular flexibility index (Phi) is 3.22. The van der Waals surface area contributed by atoms with Gasteiger partial charge in [0.1, 0.15) is 0 Å². The minimum Gasteiger partial charge on any atom is -0.338 e. The van der Waals surface area contributed by atoms with Gasteiger partial charge in [-0.2, -0.15) is 5.26 Å². The molecule has 0 aliphatic rings. The lowest BCUT2D eigenvalue weighted by atomic mass is 10.1. The molecule has 0 unspecified atom stereocenters. The molecule has 1 N–H and O–H groups in total. The zero-order chi connectivity index (χ0) is 12.3. The Hall–Kier alpha value is -2.12. The fraction of sp³-hybridized carbons (Fsp3) is 0.0833. The van der Waals surface area contributed by atoms with Gasteiger partial charge in [-0.15, -0.1) is 10.2 Å². The second kappa shape index (κ2) is 4.81. The molecular weight excluding hydrogens is 236 g/mol. The number of halogens is 1. The van der Waals surface area contributed by atoms with Gasteiger partial charge in [-0.1, -0.05) is 17.7 Å². The maximum Gasteiger partial charge on any atom is 0.153 e. The summed E-state index contributed by atoms with van der Waals surface area (Å²) in [6.07, 6.45) is 0. The zero-order valence-corrected chi connectivity index (χ0v) is 9.86. The topological polar surface area (TPSA) is 61.6 Å². The Bertz CT molecular complexity index is 572. The molecule has 2 rings (SSSR count). The van der Waals surface area contributed by atoms with E-state index < -0.39 is 0 Å². The van der Waals surface area contributed by atoms with Crippen LogP contribution in [-0.4, -0.2) is 10.2 Å². The van der Waals surface area contributed by atoms with E-state index in [0.717, 1.165) is 11.3 Å². The number of nitriles is 1. The van der Waals surface area contributed by atoms with Crippen molar-refractivity contribution in [1.29, 1.82) is 5.26 Å². The summed E-state index contributed by atoms with van der Waals surface area (Å²) >= 11 is 5.65. The fourth-order valence-corrected chi connectivity index (χ4v) is 1.45. The summed E-state index contributed by atoms with van der Waals surface area (Å²) in [7, 11) is 0. The van der Waals surface area contributed by atoms with Gasteiger partial charge < -0.3 is 5.32 Å². The molecule has 84 valence electrons. The van der Waals surface area contributed by atoms with Crippen LogP contribution in [0, 0.1) is 18.3 Å². The Morgan fingerprint density at radius 3 is 2.71 bits per heavy atom. The molecular formula is C12H9ClN4. The van der Waals surface area contributed by atoms with Crippen molar-refractivity contribution in [2.45, 2.75) is 6.92 Å². The van der Waals surface area contributed by atoms with E-state index in [9.17, 15) is 0 Å². The number of nitrogens with zero attached hydrogens (tertiary/aromatic N) is 3. The van der Waals surface area contributed by atoms with E-state index in [4.69, 9.17) is 16.9 Å². The largest absolute Gasteiger partial charge is 0.338 e. The Morgan fingerprint density at radius 2 is 2.06 bits per heavy atom. The Morgan fingerprint density at radius 1 is 1.24 bits per heavy atom. The summed E-state index contributed by atoms with van der Waals surface area (Å²) in [4.78, 5) is 0. The van der Waals surface area contributed by atoms with E-state index in [-0.39, 0.29) is 0 Å². The summed E-state index contributed by atoms with van der Waals surface area (Å²) < 4.78 is 0. The Balaban J connectivity index is 2.29. The van der Waals surface area contributed by atoms with Gasteiger partial charge in [0.25, 0.3) is 0 Å². The molecule has 1 heterocycles. The van der Waals surface area contributed by atoms with Crippen LogP contribution in [0.2, 0.25) is 5.15 Å². The highest BCUT2D eigenvalue weighted by Crippen LogP contribution is 2.20. The zero-order valence-electron chi connectivity index (χ0n) is 9.11. The minimum atomic E-state index is 0.345. The van der Waals surface area contributed by atoms with Gasteiger partial charge in [0.15, 0.2) is 11.0 Å². The third kappa shape index (κ3) is 2.71. The van der Waals surface area contributed by atoms with Crippen molar-refractivity contribution in [3.8, 4) is 6.07 Å². The first-order valence-electron chi connectivity index (χ1n) is 4.96. The number of aryl methyl sites for hydroxylation is 1. The molecule has 0 saturated carbocycles. The second-order valence-electron chi connectivity index (χ2n) is 3.51. The van der Waals surface area contributed by atoms with Gasteiger partial charge in [-0.3, -0.25) is 0 Å². The average molecular weight is 245 g/mol. The highest BCUT2D eigenvalue weighted by Gasteiger charge is 2.02. The van der Waals surface area contributed by atoms with Gasteiger partial charge in [0.05, 0.1) is 11.6 Å². The molecule has 0 spiro atoms. The fourth-order valence-electron chi connectivity index (χ4n) is 1.35. The number of hydrogen-bond donors (Lipinski definition) is 1. The summed E-state index contributed by atoms with van der Waals surface area (Å²) in [5.74, 6) is 0.590. The van der Waals surface area contributed by atoms with E-state index in [0.29, 0.717) is 16.5 Å². The SMILES string of the molecule is Cc1ccc(C#N)cc1Nc1ccc(Cl)nn1. The monoisotopic (exact) mass is 244 g/mol. The summed E-state index contributed by atoms with van der Waals surface area (Å²) in [6, 6.07) is 10.9. The number of benzene rings is 1. The first-order chi connectivity index (χ1) is 8.19. The third-order valence-corrected chi connectivity index (χ3v) is 2.46. The molecule has 0 bridgehead atoms. The van der Waals surface area contributed by atoms with Crippen LogP contribution in [0.15, 0.2) is 30.3 Å². The maximum absolute atomic E-state index is 8.83. The van der Waals surface area contributed by atoms with Gasteiger partial charge in [0.2, 0.25) is 0 Å². The van der Waals surface area contributed by atoms with E-state index >= 15 is 0 Å². The molecule has 0 radical (unpaired) electrons. The summed E-state index contributed by atoms with van der Waals surface area (Å²) in [6.45, 7) is 1.95. The quantitative estimate of drug-likeness (QED) is 0.882. The highest BCUT2D eigenvalue weighted by molar-refractivity contribution is 6.29. The summed E-state index contributed by atoms with van der Waals surface area (Å²) in [5.41, 5.74) is 2.46. The molecule has 0 aliphatic heterocycles. The van der Waals surface area contributed by atoms with Crippen molar-refractivity contribution in [1.82, 2.24) is 10.2 Å². The van der Waals surface area contributed by atoms with Crippen LogP contribution in [0.25, 0.3) is 0 Å². The Labute approximate surface area is 104 Å². The van der Waals surface area contributed by atoms with Gasteiger partial charge in [-0.25, -0.2) is 0 Å². The van der Waals surface area contributed by atoms with Crippen LogP contribution in [-0.2, 0) is 0 Å². The number of anilines is 2. The molecule has 1 aromatic carbocycles. The van der Waals surface area contributed by atoms with Gasteiger partial charge >= 0.3 is 0 Å². The van der Waals surface area contributed by atoms with Crippen molar-refractivity contribution < 1.29 is 0 Å². The molecule has 0 fully saturated rings. The van der Waals surface area contributed by atoms with E-state index in [1.165, 1.54) is 0 Å². The van der Waals surface area contributed by atoms with E-state index in [1.54, 1.807) is 24.3 Å². The average Bonchev–Trinajstić information content (AvgIpc) is 2.35. The molecule has 0 amide bonds. The first kappa shape index (κ1) is 11.4. The molecule has 0 aliphatic carbocycles. The van der Waals surface area contributed by atoms with Crippen LogP contribution in [0.4, 0.5) is 11.5 Å². The van der Waals surface area contributed by atoms with Gasteiger partial charge in [-0.05, 0) is 36.8 Å². The van der Waals surface area contributed by atoms with Crippen LogP contribution in [0.3, 0.4) is 0 Å². The molecule has 0 saturated heterocycles. The molecule has 17 heavy (non-hydrogen) atoms. The number of aromatic nitrogens is 2. The lowest BCUT2D eigenvalue weighted by Crippen LogP contribution is -1.97. The van der Waals surface area contributed by atoms with E-state index in [2.05, 4.69) is 21.6 Å². The van der Waals surface area contributed by atoms with Crippen LogP contribution < -0.4 is 5.32 Å². The van der Waals surface area contributed by atoms with Crippen molar-refractivity contribution in [2.75, 3.05) is 5.32 Å². The molecule has 4 nitrogen and oxygen atoms in total. The predicted molar refractivity (Wildman–Crippen MR) is 66.2 cm³/mol. The molecule has 1 aromatic heterocycles. The minimum absolute atomic E-state index is 0.345. The molecule has 2 aromatic rings. The second-order valence-corrected chi connectivity index (χ2v) is 3.90. The number of hydrogen-bond acceptors (Lipinski definition) is 4. The van der Waals surface area contributed by atoms with Crippen LogP contribution in [0.5, 0.6) is 0 Å². The van der Waals surface area contributed by atoms with Crippen molar-refractivity contribution in [3.63, 3.8) is 0 Å². The third-order valence-electron chi connectivity index (χ3n) is 2.26. The standard InChI is InChI=1S/C12H9ClN4/c1-8-2-3-9(7-14)6-10(8)15-12-5-4-11(13)16-17-12/h2-6H,1H3,(H,15,17). The normalized spacial score (nSPS) is 9.71. The van der Waals surface area contributed by atoms with Crippen molar-refractivity contribution in [3.05, 3.63) is 46.6 Å². The van der Waals surface area contributed by atoms with Crippen molar-refractivity contribution >= 4 is 23.1 Å². The van der Waals surface area contributed by atoms with Gasteiger partial charge in [0, 0.05) is 5.69 Å². The van der Waals surface area contributed by atoms with E-state index in [1.807, 2.05) is 13.0 Å². The maximum atomic E-state index is 8.83. The molecule has 0 atom stereocenters. The molecule has 5 heteroatoms. The lowest BCUT2D eigenvalue weighted by Gasteiger charge is -2.08. The smallest absolute Gasteiger partial charge is 0.153 e.